The number of nitrogens with one attached hydrogen (secondary N) is 2. The highest BCUT2D eigenvalue weighted by Gasteiger charge is 2.20. The van der Waals surface area contributed by atoms with Crippen LogP contribution in [0.3, 0.4) is 0 Å². The summed E-state index contributed by atoms with van der Waals surface area (Å²) >= 11 is 0. The van der Waals surface area contributed by atoms with E-state index in [0.717, 1.165) is 12.3 Å². The fourth-order valence-corrected chi connectivity index (χ4v) is 1.62. The van der Waals surface area contributed by atoms with Gasteiger partial charge in [-0.05, 0) is 12.1 Å². The molecule has 0 saturated carbocycles. The zero-order valence-electron chi connectivity index (χ0n) is 9.07. The smallest absolute Gasteiger partial charge is 0.239 e. The molecule has 5 heteroatoms. The molecule has 5 nitrogen and oxygen atoms in total. The van der Waals surface area contributed by atoms with Gasteiger partial charge in [-0.15, -0.1) is 0 Å². The Bertz CT molecular complexity index is 318. The van der Waals surface area contributed by atoms with Crippen LogP contribution >= 0.6 is 0 Å². The molecule has 1 atom stereocenters. The van der Waals surface area contributed by atoms with Crippen LogP contribution < -0.4 is 10.6 Å². The van der Waals surface area contributed by atoms with Gasteiger partial charge in [0.1, 0.15) is 11.8 Å². The van der Waals surface area contributed by atoms with E-state index in [0.29, 0.717) is 26.2 Å². The normalized spacial score (nSPS) is 20.6. The monoisotopic (exact) mass is 224 g/mol. The highest BCUT2D eigenvalue weighted by Crippen LogP contribution is 2.00. The molecule has 1 aromatic heterocycles. The van der Waals surface area contributed by atoms with Gasteiger partial charge in [0.2, 0.25) is 5.91 Å². The van der Waals surface area contributed by atoms with Crippen molar-refractivity contribution in [2.75, 3.05) is 26.3 Å². The van der Waals surface area contributed by atoms with E-state index in [1.807, 2.05) is 12.1 Å². The van der Waals surface area contributed by atoms with Gasteiger partial charge in [-0.25, -0.2) is 0 Å². The van der Waals surface area contributed by atoms with Gasteiger partial charge < -0.3 is 19.8 Å². The van der Waals surface area contributed by atoms with E-state index in [9.17, 15) is 4.79 Å². The minimum Gasteiger partial charge on any atom is -0.469 e. The van der Waals surface area contributed by atoms with Crippen molar-refractivity contribution in [3.05, 3.63) is 24.2 Å². The Balaban J connectivity index is 1.67. The van der Waals surface area contributed by atoms with Crippen molar-refractivity contribution < 1.29 is 13.9 Å². The average molecular weight is 224 g/mol. The first-order chi connectivity index (χ1) is 7.86. The number of rotatable bonds is 4. The van der Waals surface area contributed by atoms with Gasteiger partial charge in [-0.3, -0.25) is 4.79 Å². The van der Waals surface area contributed by atoms with Crippen molar-refractivity contribution in [1.82, 2.24) is 10.6 Å². The van der Waals surface area contributed by atoms with Crippen molar-refractivity contribution in [2.24, 2.45) is 0 Å². The van der Waals surface area contributed by atoms with E-state index in [2.05, 4.69) is 10.6 Å². The molecule has 1 fully saturated rings. The average Bonchev–Trinajstić information content (AvgIpc) is 2.83. The Morgan fingerprint density at radius 2 is 2.56 bits per heavy atom. The Labute approximate surface area is 94.1 Å². The molecule has 1 saturated heterocycles. The summed E-state index contributed by atoms with van der Waals surface area (Å²) in [4.78, 5) is 11.6. The van der Waals surface area contributed by atoms with Crippen LogP contribution in [0, 0.1) is 0 Å². The number of morpholine rings is 1. The van der Waals surface area contributed by atoms with E-state index in [1.54, 1.807) is 6.26 Å². The Hall–Kier alpha value is -1.33. The summed E-state index contributed by atoms with van der Waals surface area (Å²) in [5, 5.41) is 5.95. The van der Waals surface area contributed by atoms with Crippen molar-refractivity contribution in [1.29, 1.82) is 0 Å². The summed E-state index contributed by atoms with van der Waals surface area (Å²) in [6.45, 7) is 2.45. The lowest BCUT2D eigenvalue weighted by molar-refractivity contribution is -0.125. The largest absolute Gasteiger partial charge is 0.469 e. The standard InChI is InChI=1S/C11H16N2O3/c14-11(10-8-15-7-5-12-10)13-4-3-9-2-1-6-16-9/h1-2,6,10,12H,3-5,7-8H2,(H,13,14). The van der Waals surface area contributed by atoms with Crippen molar-refractivity contribution >= 4 is 5.91 Å². The van der Waals surface area contributed by atoms with Crippen LogP contribution in [0.2, 0.25) is 0 Å². The quantitative estimate of drug-likeness (QED) is 0.751. The Kier molecular flexibility index (Phi) is 3.96. The Morgan fingerprint density at radius 1 is 1.62 bits per heavy atom. The molecule has 0 aromatic carbocycles. The number of hydrogen-bond donors (Lipinski definition) is 2. The fraction of sp³-hybridized carbons (Fsp3) is 0.545. The fourth-order valence-electron chi connectivity index (χ4n) is 1.62. The highest BCUT2D eigenvalue weighted by molar-refractivity contribution is 5.81. The van der Waals surface area contributed by atoms with Gasteiger partial charge in [-0.2, -0.15) is 0 Å². The molecular weight excluding hydrogens is 208 g/mol. The number of ether oxygens (including phenoxy) is 1. The first-order valence-corrected chi connectivity index (χ1v) is 5.47. The Morgan fingerprint density at radius 3 is 3.25 bits per heavy atom. The van der Waals surface area contributed by atoms with Crippen molar-refractivity contribution in [3.8, 4) is 0 Å². The minimum atomic E-state index is -0.217. The maximum atomic E-state index is 11.6. The number of furan rings is 1. The molecule has 1 aliphatic rings. The zero-order chi connectivity index (χ0) is 11.2. The molecule has 1 unspecified atom stereocenters. The summed E-state index contributed by atoms with van der Waals surface area (Å²) in [6.07, 6.45) is 2.35. The lowest BCUT2D eigenvalue weighted by Gasteiger charge is -2.22. The van der Waals surface area contributed by atoms with Gasteiger partial charge in [-0.1, -0.05) is 0 Å². The van der Waals surface area contributed by atoms with Gasteiger partial charge >= 0.3 is 0 Å². The summed E-state index contributed by atoms with van der Waals surface area (Å²) in [6, 6.07) is 3.52. The SMILES string of the molecule is O=C(NCCc1ccco1)C1COCCN1. The second-order valence-electron chi connectivity index (χ2n) is 3.70. The van der Waals surface area contributed by atoms with E-state index in [-0.39, 0.29) is 11.9 Å². The number of hydrogen-bond acceptors (Lipinski definition) is 4. The molecule has 2 N–H and O–H groups in total. The molecule has 1 amide bonds. The first-order valence-electron chi connectivity index (χ1n) is 5.47. The third-order valence-corrected chi connectivity index (χ3v) is 2.49. The van der Waals surface area contributed by atoms with E-state index in [4.69, 9.17) is 9.15 Å². The number of amides is 1. The van der Waals surface area contributed by atoms with Crippen LogP contribution in [0.25, 0.3) is 0 Å². The van der Waals surface area contributed by atoms with Gasteiger partial charge in [0, 0.05) is 19.5 Å². The van der Waals surface area contributed by atoms with Crippen molar-refractivity contribution in [3.63, 3.8) is 0 Å². The molecule has 2 rings (SSSR count). The lowest BCUT2D eigenvalue weighted by atomic mass is 10.2. The van der Waals surface area contributed by atoms with Crippen LogP contribution in [-0.2, 0) is 16.0 Å². The highest BCUT2D eigenvalue weighted by atomic mass is 16.5. The lowest BCUT2D eigenvalue weighted by Crippen LogP contribution is -2.51. The summed E-state index contributed by atoms with van der Waals surface area (Å²) in [7, 11) is 0. The van der Waals surface area contributed by atoms with Gasteiger partial charge in [0.15, 0.2) is 0 Å². The van der Waals surface area contributed by atoms with Crippen LogP contribution in [0.15, 0.2) is 22.8 Å². The second kappa shape index (κ2) is 5.67. The predicted octanol–water partition coefficient (Wildman–Crippen LogP) is -0.0733. The van der Waals surface area contributed by atoms with Gasteiger partial charge in [0.25, 0.3) is 0 Å². The predicted molar refractivity (Wildman–Crippen MR) is 58.0 cm³/mol. The number of carbonyl (C=O) groups is 1. The minimum absolute atomic E-state index is 0.00810. The van der Waals surface area contributed by atoms with E-state index < -0.39 is 0 Å². The molecular formula is C11H16N2O3. The summed E-state index contributed by atoms with van der Waals surface area (Å²) < 4.78 is 10.4. The molecule has 0 bridgehead atoms. The molecule has 2 heterocycles. The molecule has 1 aromatic rings. The molecule has 1 aliphatic heterocycles. The topological polar surface area (TPSA) is 63.5 Å². The van der Waals surface area contributed by atoms with Crippen LogP contribution in [0.1, 0.15) is 5.76 Å². The van der Waals surface area contributed by atoms with Gasteiger partial charge in [0.05, 0.1) is 19.5 Å². The van der Waals surface area contributed by atoms with Crippen LogP contribution in [0.5, 0.6) is 0 Å². The third-order valence-electron chi connectivity index (χ3n) is 2.49. The second-order valence-corrected chi connectivity index (χ2v) is 3.70. The summed E-state index contributed by atoms with van der Waals surface area (Å²) in [5.41, 5.74) is 0. The maximum absolute atomic E-state index is 11.6. The van der Waals surface area contributed by atoms with Crippen molar-refractivity contribution in [2.45, 2.75) is 12.5 Å². The molecule has 0 aliphatic carbocycles. The summed E-state index contributed by atoms with van der Waals surface area (Å²) in [5.74, 6) is 0.874. The zero-order valence-corrected chi connectivity index (χ0v) is 9.07. The molecule has 0 spiro atoms. The molecule has 0 radical (unpaired) electrons. The molecule has 88 valence electrons. The maximum Gasteiger partial charge on any atom is 0.239 e. The molecule has 16 heavy (non-hydrogen) atoms. The third kappa shape index (κ3) is 3.08. The van der Waals surface area contributed by atoms with E-state index in [1.165, 1.54) is 0 Å². The van der Waals surface area contributed by atoms with E-state index >= 15 is 0 Å². The first kappa shape index (κ1) is 11.2. The van der Waals surface area contributed by atoms with Crippen LogP contribution in [-0.4, -0.2) is 38.3 Å². The van der Waals surface area contributed by atoms with Crippen LogP contribution in [0.4, 0.5) is 0 Å². The number of carbonyl (C=O) groups excluding carboxylic acids is 1.